The Kier molecular flexibility index (Phi) is 3.71. The first-order valence-corrected chi connectivity index (χ1v) is 6.98. The molecule has 16 heavy (non-hydrogen) atoms. The van der Waals surface area contributed by atoms with Crippen LogP contribution in [0.3, 0.4) is 0 Å². The molecule has 2 rings (SSSR count). The molecule has 0 saturated heterocycles. The van der Waals surface area contributed by atoms with E-state index in [9.17, 15) is 0 Å². The van der Waals surface area contributed by atoms with Crippen molar-refractivity contribution in [3.8, 4) is 10.6 Å². The highest BCUT2D eigenvalue weighted by Crippen LogP contribution is 2.32. The predicted molar refractivity (Wildman–Crippen MR) is 72.0 cm³/mol. The van der Waals surface area contributed by atoms with Gasteiger partial charge in [-0.3, -0.25) is 0 Å². The Morgan fingerprint density at radius 3 is 2.88 bits per heavy atom. The van der Waals surface area contributed by atoms with Crippen molar-refractivity contribution in [2.45, 2.75) is 25.1 Å². The van der Waals surface area contributed by atoms with Gasteiger partial charge < -0.3 is 0 Å². The van der Waals surface area contributed by atoms with Crippen LogP contribution in [0.2, 0.25) is 0 Å². The minimum absolute atomic E-state index is 0.323. The summed E-state index contributed by atoms with van der Waals surface area (Å²) in [7, 11) is 0. The largest absolute Gasteiger partial charge is 0.147 e. The SMILES string of the molecule is CCC(Br)c1nnc(-c2cccc(C)c2)s1. The van der Waals surface area contributed by atoms with Crippen molar-refractivity contribution in [2.24, 2.45) is 0 Å². The fraction of sp³-hybridized carbons (Fsp3) is 0.333. The van der Waals surface area contributed by atoms with Gasteiger partial charge in [-0.25, -0.2) is 0 Å². The van der Waals surface area contributed by atoms with Crippen LogP contribution in [0.4, 0.5) is 0 Å². The molecule has 1 aromatic carbocycles. The highest BCUT2D eigenvalue weighted by Gasteiger charge is 2.12. The molecule has 0 aliphatic carbocycles. The quantitative estimate of drug-likeness (QED) is 0.787. The molecule has 4 heteroatoms. The first-order valence-electron chi connectivity index (χ1n) is 5.25. The molecule has 0 bridgehead atoms. The van der Waals surface area contributed by atoms with Crippen molar-refractivity contribution < 1.29 is 0 Å². The maximum atomic E-state index is 4.24. The zero-order chi connectivity index (χ0) is 11.5. The van der Waals surface area contributed by atoms with Gasteiger partial charge in [-0.2, -0.15) is 0 Å². The average molecular weight is 297 g/mol. The average Bonchev–Trinajstić information content (AvgIpc) is 2.77. The minimum atomic E-state index is 0.323. The van der Waals surface area contributed by atoms with Crippen molar-refractivity contribution in [3.63, 3.8) is 0 Å². The third-order valence-electron chi connectivity index (χ3n) is 2.33. The number of hydrogen-bond donors (Lipinski definition) is 0. The van der Waals surface area contributed by atoms with E-state index in [1.807, 2.05) is 0 Å². The zero-order valence-electron chi connectivity index (χ0n) is 9.27. The van der Waals surface area contributed by atoms with Gasteiger partial charge in [-0.1, -0.05) is 58.0 Å². The Labute approximate surface area is 108 Å². The van der Waals surface area contributed by atoms with Crippen LogP contribution < -0.4 is 0 Å². The highest BCUT2D eigenvalue weighted by atomic mass is 79.9. The van der Waals surface area contributed by atoms with Crippen LogP contribution in [0.1, 0.15) is 28.7 Å². The number of aromatic nitrogens is 2. The Morgan fingerprint density at radius 2 is 2.19 bits per heavy atom. The van der Waals surface area contributed by atoms with Crippen LogP contribution >= 0.6 is 27.3 Å². The van der Waals surface area contributed by atoms with E-state index in [-0.39, 0.29) is 0 Å². The standard InChI is InChI=1S/C12H13BrN2S/c1-3-10(13)12-15-14-11(16-12)9-6-4-5-8(2)7-9/h4-7,10H,3H2,1-2H3. The van der Waals surface area contributed by atoms with E-state index < -0.39 is 0 Å². The lowest BCUT2D eigenvalue weighted by Crippen LogP contribution is -1.84. The van der Waals surface area contributed by atoms with Gasteiger partial charge in [0.15, 0.2) is 0 Å². The van der Waals surface area contributed by atoms with Crippen molar-refractivity contribution in [2.75, 3.05) is 0 Å². The van der Waals surface area contributed by atoms with Gasteiger partial charge in [0.05, 0.1) is 4.83 Å². The second-order valence-electron chi connectivity index (χ2n) is 3.69. The molecule has 84 valence electrons. The Bertz CT molecular complexity index is 481. The predicted octanol–water partition coefficient (Wildman–Crippen LogP) is 4.36. The van der Waals surface area contributed by atoms with Gasteiger partial charge in [0, 0.05) is 5.56 Å². The van der Waals surface area contributed by atoms with Crippen LogP contribution in [0, 0.1) is 6.92 Å². The monoisotopic (exact) mass is 296 g/mol. The summed E-state index contributed by atoms with van der Waals surface area (Å²) in [6.45, 7) is 4.22. The van der Waals surface area contributed by atoms with Crippen molar-refractivity contribution in [3.05, 3.63) is 34.8 Å². The minimum Gasteiger partial charge on any atom is -0.142 e. The molecule has 2 aromatic rings. The number of rotatable bonds is 3. The Morgan fingerprint density at radius 1 is 1.38 bits per heavy atom. The molecular formula is C12H13BrN2S. The second kappa shape index (κ2) is 5.06. The summed E-state index contributed by atoms with van der Waals surface area (Å²) >= 11 is 5.25. The van der Waals surface area contributed by atoms with Gasteiger partial charge in [-0.15, -0.1) is 10.2 Å². The molecule has 1 aromatic heterocycles. The normalized spacial score (nSPS) is 12.7. The number of alkyl halides is 1. The van der Waals surface area contributed by atoms with Gasteiger partial charge in [0.1, 0.15) is 10.0 Å². The molecule has 0 saturated carbocycles. The van der Waals surface area contributed by atoms with E-state index in [0.29, 0.717) is 4.83 Å². The smallest absolute Gasteiger partial charge is 0.142 e. The molecular weight excluding hydrogens is 284 g/mol. The molecule has 0 spiro atoms. The summed E-state index contributed by atoms with van der Waals surface area (Å²) in [4.78, 5) is 0.323. The number of aryl methyl sites for hydroxylation is 1. The van der Waals surface area contributed by atoms with Crippen molar-refractivity contribution in [1.29, 1.82) is 0 Å². The molecule has 1 heterocycles. The third kappa shape index (κ3) is 2.50. The highest BCUT2D eigenvalue weighted by molar-refractivity contribution is 9.09. The third-order valence-corrected chi connectivity index (χ3v) is 4.80. The summed E-state index contributed by atoms with van der Waals surface area (Å²) in [6.07, 6.45) is 1.03. The van der Waals surface area contributed by atoms with E-state index >= 15 is 0 Å². The molecule has 0 fully saturated rings. The molecule has 2 nitrogen and oxygen atoms in total. The molecule has 1 atom stereocenters. The van der Waals surface area contributed by atoms with E-state index in [1.54, 1.807) is 11.3 Å². The van der Waals surface area contributed by atoms with Crippen molar-refractivity contribution >= 4 is 27.3 Å². The fourth-order valence-electron chi connectivity index (χ4n) is 1.43. The van der Waals surface area contributed by atoms with Gasteiger partial charge in [0.2, 0.25) is 0 Å². The summed E-state index contributed by atoms with van der Waals surface area (Å²) in [6, 6.07) is 8.36. The van der Waals surface area contributed by atoms with Crippen LogP contribution in [-0.2, 0) is 0 Å². The first kappa shape index (κ1) is 11.7. The van der Waals surface area contributed by atoms with Crippen LogP contribution in [0.25, 0.3) is 10.6 Å². The van der Waals surface area contributed by atoms with E-state index in [1.165, 1.54) is 5.56 Å². The van der Waals surface area contributed by atoms with Crippen LogP contribution in [0.5, 0.6) is 0 Å². The Hall–Kier alpha value is -0.740. The lowest BCUT2D eigenvalue weighted by molar-refractivity contribution is 0.870. The second-order valence-corrected chi connectivity index (χ2v) is 5.81. The lowest BCUT2D eigenvalue weighted by atomic mass is 10.1. The van der Waals surface area contributed by atoms with Crippen LogP contribution in [-0.4, -0.2) is 10.2 Å². The summed E-state index contributed by atoms with van der Waals surface area (Å²) in [5.74, 6) is 0. The van der Waals surface area contributed by atoms with Gasteiger partial charge in [-0.05, 0) is 19.4 Å². The lowest BCUT2D eigenvalue weighted by Gasteiger charge is -1.98. The maximum Gasteiger partial charge on any atom is 0.147 e. The Balaban J connectivity index is 2.31. The zero-order valence-corrected chi connectivity index (χ0v) is 11.7. The molecule has 0 radical (unpaired) electrons. The van der Waals surface area contributed by atoms with Crippen LogP contribution in [0.15, 0.2) is 24.3 Å². The fourth-order valence-corrected chi connectivity index (χ4v) is 2.70. The molecule has 0 N–H and O–H groups in total. The maximum absolute atomic E-state index is 4.24. The van der Waals surface area contributed by atoms with E-state index in [0.717, 1.165) is 22.0 Å². The number of halogens is 1. The first-order chi connectivity index (χ1) is 7.70. The van der Waals surface area contributed by atoms with Gasteiger partial charge >= 0.3 is 0 Å². The molecule has 1 unspecified atom stereocenters. The summed E-state index contributed by atoms with van der Waals surface area (Å²) < 4.78 is 0. The van der Waals surface area contributed by atoms with E-state index in [2.05, 4.69) is 64.2 Å². The number of hydrogen-bond acceptors (Lipinski definition) is 3. The number of benzene rings is 1. The molecule has 0 amide bonds. The van der Waals surface area contributed by atoms with E-state index in [4.69, 9.17) is 0 Å². The van der Waals surface area contributed by atoms with Crippen molar-refractivity contribution in [1.82, 2.24) is 10.2 Å². The summed E-state index contributed by atoms with van der Waals surface area (Å²) in [5.41, 5.74) is 2.40. The summed E-state index contributed by atoms with van der Waals surface area (Å²) in [5, 5.41) is 10.5. The number of nitrogens with zero attached hydrogens (tertiary/aromatic N) is 2. The van der Waals surface area contributed by atoms with Gasteiger partial charge in [0.25, 0.3) is 0 Å². The topological polar surface area (TPSA) is 25.8 Å². The molecule has 0 aliphatic rings. The molecule has 0 aliphatic heterocycles.